The highest BCUT2D eigenvalue weighted by Gasteiger charge is 2.19. The number of ether oxygens (including phenoxy) is 1. The van der Waals surface area contributed by atoms with Gasteiger partial charge in [-0.05, 0) is 38.1 Å². The van der Waals surface area contributed by atoms with Gasteiger partial charge in [-0.15, -0.1) is 0 Å². The van der Waals surface area contributed by atoms with Gasteiger partial charge in [0.2, 0.25) is 15.5 Å². The van der Waals surface area contributed by atoms with Crippen LogP contribution >= 0.6 is 0 Å². The molecule has 0 spiro atoms. The van der Waals surface area contributed by atoms with Gasteiger partial charge < -0.3 is 14.3 Å². The molecule has 0 aliphatic heterocycles. The summed E-state index contributed by atoms with van der Waals surface area (Å²) in [5.74, 6) is -1.14. The van der Waals surface area contributed by atoms with Gasteiger partial charge >= 0.3 is 5.97 Å². The highest BCUT2D eigenvalue weighted by Crippen LogP contribution is 2.31. The van der Waals surface area contributed by atoms with Crippen molar-refractivity contribution in [1.29, 1.82) is 0 Å². The van der Waals surface area contributed by atoms with Crippen LogP contribution in [0.1, 0.15) is 24.2 Å². The quantitative estimate of drug-likeness (QED) is 0.664. The lowest BCUT2D eigenvalue weighted by molar-refractivity contribution is 0.0697. The zero-order chi connectivity index (χ0) is 19.2. The van der Waals surface area contributed by atoms with E-state index >= 15 is 0 Å². The molecule has 1 aromatic heterocycles. The van der Waals surface area contributed by atoms with Crippen LogP contribution in [0.5, 0.6) is 5.75 Å². The Bertz CT molecular complexity index is 1210. The number of hydrogen-bond donors (Lipinski definition) is 2. The smallest absolute Gasteiger partial charge is 0.335 e. The molecule has 0 fully saturated rings. The first kappa shape index (κ1) is 17.9. The SMILES string of the molecule is CC(C)Oc1cc(S(N)(=O)=O)cc2c(=O)c3cc(C(=O)O)ccc3oc12. The van der Waals surface area contributed by atoms with E-state index < -0.39 is 21.4 Å². The number of nitrogens with two attached hydrogens (primary N) is 1. The Morgan fingerprint density at radius 3 is 2.46 bits per heavy atom. The maximum atomic E-state index is 12.8. The van der Waals surface area contributed by atoms with Crippen molar-refractivity contribution in [2.24, 2.45) is 5.14 Å². The largest absolute Gasteiger partial charge is 0.487 e. The Balaban J connectivity index is 2.47. The molecule has 2 aromatic carbocycles. The molecule has 8 nitrogen and oxygen atoms in total. The van der Waals surface area contributed by atoms with Crippen molar-refractivity contribution in [2.45, 2.75) is 24.8 Å². The Hall–Kier alpha value is -2.91. The predicted octanol–water partition coefficient (Wildman–Crippen LogP) is 2.08. The van der Waals surface area contributed by atoms with Crippen LogP contribution in [-0.2, 0) is 10.0 Å². The normalized spacial score (nSPS) is 12.0. The maximum absolute atomic E-state index is 12.8. The van der Waals surface area contributed by atoms with Gasteiger partial charge in [-0.1, -0.05) is 0 Å². The van der Waals surface area contributed by atoms with Crippen LogP contribution in [0.25, 0.3) is 21.9 Å². The van der Waals surface area contributed by atoms with E-state index in [1.165, 1.54) is 24.3 Å². The second-order valence-electron chi connectivity index (χ2n) is 5.96. The molecule has 3 N–H and O–H groups in total. The second-order valence-corrected chi connectivity index (χ2v) is 7.52. The van der Waals surface area contributed by atoms with Gasteiger partial charge in [0.15, 0.2) is 11.3 Å². The highest BCUT2D eigenvalue weighted by atomic mass is 32.2. The van der Waals surface area contributed by atoms with Gasteiger partial charge in [-0.25, -0.2) is 18.4 Å². The zero-order valence-corrected chi connectivity index (χ0v) is 14.7. The molecule has 0 saturated carbocycles. The maximum Gasteiger partial charge on any atom is 0.335 e. The summed E-state index contributed by atoms with van der Waals surface area (Å²) in [4.78, 5) is 23.7. The minimum absolute atomic E-state index is 0.0134. The predicted molar refractivity (Wildman–Crippen MR) is 94.1 cm³/mol. The molecule has 0 saturated heterocycles. The van der Waals surface area contributed by atoms with E-state index in [-0.39, 0.29) is 44.3 Å². The van der Waals surface area contributed by atoms with Crippen LogP contribution in [0.15, 0.2) is 44.4 Å². The number of primary sulfonamides is 1. The first-order valence-electron chi connectivity index (χ1n) is 7.55. The Morgan fingerprint density at radius 1 is 1.19 bits per heavy atom. The minimum Gasteiger partial charge on any atom is -0.487 e. The fraction of sp³-hybridized carbons (Fsp3) is 0.176. The summed E-state index contributed by atoms with van der Waals surface area (Å²) in [6.07, 6.45) is -0.315. The molecule has 136 valence electrons. The van der Waals surface area contributed by atoms with Crippen molar-refractivity contribution in [3.8, 4) is 5.75 Å². The fourth-order valence-corrected chi connectivity index (χ4v) is 3.09. The van der Waals surface area contributed by atoms with Gasteiger partial charge in [0, 0.05) is 6.07 Å². The number of carboxylic acids is 1. The van der Waals surface area contributed by atoms with E-state index in [1.807, 2.05) is 0 Å². The summed E-state index contributed by atoms with van der Waals surface area (Å²) >= 11 is 0. The number of carbonyl (C=O) groups is 1. The molecule has 3 rings (SSSR count). The van der Waals surface area contributed by atoms with E-state index in [9.17, 15) is 18.0 Å². The van der Waals surface area contributed by atoms with Crippen molar-refractivity contribution >= 4 is 37.9 Å². The van der Waals surface area contributed by atoms with E-state index in [4.69, 9.17) is 19.4 Å². The van der Waals surface area contributed by atoms with Crippen molar-refractivity contribution in [2.75, 3.05) is 0 Å². The summed E-state index contributed by atoms with van der Waals surface area (Å²) < 4.78 is 34.8. The standard InChI is InChI=1S/C17H15NO7S/c1-8(2)24-14-7-10(26(18,22)23)6-12-15(19)11-5-9(17(20)21)3-4-13(11)25-16(12)14/h3-8H,1-2H3,(H,20,21)(H2,18,22,23). The average molecular weight is 377 g/mol. The van der Waals surface area contributed by atoms with Gasteiger partial charge in [0.05, 0.1) is 27.3 Å². The molecule has 26 heavy (non-hydrogen) atoms. The van der Waals surface area contributed by atoms with Gasteiger partial charge in [-0.2, -0.15) is 0 Å². The van der Waals surface area contributed by atoms with Crippen LogP contribution in [-0.4, -0.2) is 25.6 Å². The molecule has 0 unspecified atom stereocenters. The number of carboxylic acid groups (broad SMARTS) is 1. The Kier molecular flexibility index (Phi) is 4.21. The van der Waals surface area contributed by atoms with Gasteiger partial charge in [0.25, 0.3) is 0 Å². The molecule has 0 atom stereocenters. The summed E-state index contributed by atoms with van der Waals surface area (Å²) in [6, 6.07) is 6.14. The second kappa shape index (κ2) is 6.11. The third-order valence-corrected chi connectivity index (χ3v) is 4.54. The fourth-order valence-electron chi connectivity index (χ4n) is 2.54. The monoisotopic (exact) mass is 377 g/mol. The Labute approximate surface area is 147 Å². The summed E-state index contributed by atoms with van der Waals surface area (Å²) in [7, 11) is -4.10. The van der Waals surface area contributed by atoms with Crippen LogP contribution in [0.3, 0.4) is 0 Å². The van der Waals surface area contributed by atoms with Gasteiger partial charge in [0.1, 0.15) is 5.58 Å². The third kappa shape index (κ3) is 3.14. The lowest BCUT2D eigenvalue weighted by atomic mass is 10.1. The molecule has 0 bridgehead atoms. The Morgan fingerprint density at radius 2 is 1.88 bits per heavy atom. The first-order chi connectivity index (χ1) is 12.1. The van der Waals surface area contributed by atoms with E-state index in [0.29, 0.717) is 0 Å². The molecular formula is C17H15NO7S. The van der Waals surface area contributed by atoms with E-state index in [2.05, 4.69) is 0 Å². The topological polar surface area (TPSA) is 137 Å². The van der Waals surface area contributed by atoms with Crippen LogP contribution in [0.4, 0.5) is 0 Å². The molecule has 0 radical (unpaired) electrons. The number of benzene rings is 2. The molecular weight excluding hydrogens is 362 g/mol. The number of rotatable bonds is 4. The summed E-state index contributed by atoms with van der Waals surface area (Å²) in [5, 5.41) is 14.2. The van der Waals surface area contributed by atoms with Crippen LogP contribution in [0.2, 0.25) is 0 Å². The highest BCUT2D eigenvalue weighted by molar-refractivity contribution is 7.89. The average Bonchev–Trinajstić information content (AvgIpc) is 2.53. The zero-order valence-electron chi connectivity index (χ0n) is 13.8. The molecule has 3 aromatic rings. The lowest BCUT2D eigenvalue weighted by Gasteiger charge is -2.13. The van der Waals surface area contributed by atoms with Crippen LogP contribution < -0.4 is 15.3 Å². The van der Waals surface area contributed by atoms with Crippen molar-refractivity contribution < 1.29 is 27.5 Å². The molecule has 1 heterocycles. The first-order valence-corrected chi connectivity index (χ1v) is 9.10. The number of sulfonamides is 1. The third-order valence-electron chi connectivity index (χ3n) is 3.65. The van der Waals surface area contributed by atoms with Crippen molar-refractivity contribution in [3.63, 3.8) is 0 Å². The van der Waals surface area contributed by atoms with E-state index in [0.717, 1.165) is 6.07 Å². The lowest BCUT2D eigenvalue weighted by Crippen LogP contribution is -2.15. The van der Waals surface area contributed by atoms with Crippen molar-refractivity contribution in [3.05, 3.63) is 46.1 Å². The molecule has 0 amide bonds. The molecule has 0 aliphatic rings. The molecule has 9 heteroatoms. The molecule has 0 aliphatic carbocycles. The minimum atomic E-state index is -4.10. The van der Waals surface area contributed by atoms with Crippen LogP contribution in [0, 0.1) is 0 Å². The number of fused-ring (bicyclic) bond motifs is 2. The summed E-state index contributed by atoms with van der Waals surface area (Å²) in [5.41, 5.74) is -0.454. The number of hydrogen-bond acceptors (Lipinski definition) is 6. The van der Waals surface area contributed by atoms with Crippen molar-refractivity contribution in [1.82, 2.24) is 0 Å². The van der Waals surface area contributed by atoms with Gasteiger partial charge in [-0.3, -0.25) is 4.79 Å². The number of aromatic carboxylic acids is 1. The van der Waals surface area contributed by atoms with E-state index in [1.54, 1.807) is 13.8 Å². The summed E-state index contributed by atoms with van der Waals surface area (Å²) in [6.45, 7) is 3.46.